The molecule has 3 rings (SSSR count). The third-order valence-electron chi connectivity index (χ3n) is 2.96. The van der Waals surface area contributed by atoms with Crippen LogP contribution in [0.5, 0.6) is 0 Å². The number of alkyl halides is 3. The first-order valence-electron chi connectivity index (χ1n) is 5.20. The molecule has 0 radical (unpaired) electrons. The van der Waals surface area contributed by atoms with Crippen LogP contribution in [0, 0.1) is 0 Å². The standard InChI is InChI=1S/C13H8F3N/c14-13(15,16)10-3-4-11-9(7-10)6-8-2-1-5-17-12(8)11/h1-5,7H,6H2. The van der Waals surface area contributed by atoms with Crippen LogP contribution in [0.15, 0.2) is 36.5 Å². The Bertz CT molecular complexity index is 587. The monoisotopic (exact) mass is 235 g/mol. The maximum atomic E-state index is 12.6. The predicted octanol–water partition coefficient (Wildman–Crippen LogP) is 3.67. The van der Waals surface area contributed by atoms with Crippen LogP contribution in [-0.4, -0.2) is 4.98 Å². The van der Waals surface area contributed by atoms with Crippen molar-refractivity contribution in [1.82, 2.24) is 4.98 Å². The molecule has 0 saturated heterocycles. The highest BCUT2D eigenvalue weighted by Crippen LogP contribution is 2.38. The van der Waals surface area contributed by atoms with Gasteiger partial charge in [0.15, 0.2) is 0 Å². The number of hydrogen-bond donors (Lipinski definition) is 0. The lowest BCUT2D eigenvalue weighted by molar-refractivity contribution is -0.137. The van der Waals surface area contributed by atoms with E-state index in [4.69, 9.17) is 0 Å². The summed E-state index contributed by atoms with van der Waals surface area (Å²) in [5.74, 6) is 0. The van der Waals surface area contributed by atoms with E-state index in [9.17, 15) is 13.2 Å². The van der Waals surface area contributed by atoms with E-state index in [1.165, 1.54) is 12.1 Å². The molecule has 0 atom stereocenters. The van der Waals surface area contributed by atoms with Crippen molar-refractivity contribution in [3.63, 3.8) is 0 Å². The lowest BCUT2D eigenvalue weighted by Gasteiger charge is -2.08. The lowest BCUT2D eigenvalue weighted by atomic mass is 10.1. The summed E-state index contributed by atoms with van der Waals surface area (Å²) in [6, 6.07) is 7.54. The van der Waals surface area contributed by atoms with E-state index < -0.39 is 11.7 Å². The highest BCUT2D eigenvalue weighted by atomic mass is 19.4. The van der Waals surface area contributed by atoms with Crippen molar-refractivity contribution < 1.29 is 13.2 Å². The first-order valence-corrected chi connectivity index (χ1v) is 5.20. The van der Waals surface area contributed by atoms with E-state index in [1.54, 1.807) is 12.3 Å². The minimum atomic E-state index is -4.28. The quantitative estimate of drug-likeness (QED) is 0.579. The van der Waals surface area contributed by atoms with Crippen molar-refractivity contribution in [3.8, 4) is 11.3 Å². The zero-order valence-electron chi connectivity index (χ0n) is 8.75. The molecular weight excluding hydrogens is 227 g/mol. The predicted molar refractivity (Wildman–Crippen MR) is 57.5 cm³/mol. The van der Waals surface area contributed by atoms with Gasteiger partial charge in [0.25, 0.3) is 0 Å². The fourth-order valence-electron chi connectivity index (χ4n) is 2.18. The smallest absolute Gasteiger partial charge is 0.256 e. The number of rotatable bonds is 0. The van der Waals surface area contributed by atoms with Gasteiger partial charge in [-0.05, 0) is 29.3 Å². The molecule has 1 nitrogen and oxygen atoms in total. The molecule has 2 aromatic rings. The van der Waals surface area contributed by atoms with Crippen molar-refractivity contribution in [3.05, 3.63) is 53.2 Å². The van der Waals surface area contributed by atoms with Gasteiger partial charge in [-0.3, -0.25) is 4.98 Å². The van der Waals surface area contributed by atoms with Crippen LogP contribution in [-0.2, 0) is 12.6 Å². The number of benzene rings is 1. The van der Waals surface area contributed by atoms with Crippen LogP contribution in [0.3, 0.4) is 0 Å². The van der Waals surface area contributed by atoms with E-state index in [-0.39, 0.29) is 0 Å². The zero-order valence-corrected chi connectivity index (χ0v) is 8.75. The van der Waals surface area contributed by atoms with E-state index in [1.807, 2.05) is 6.07 Å². The summed E-state index contributed by atoms with van der Waals surface area (Å²) in [6.07, 6.45) is -2.09. The Morgan fingerprint density at radius 2 is 1.88 bits per heavy atom. The molecule has 0 N–H and O–H groups in total. The van der Waals surface area contributed by atoms with Crippen LogP contribution in [0.1, 0.15) is 16.7 Å². The van der Waals surface area contributed by atoms with Gasteiger partial charge in [-0.1, -0.05) is 12.1 Å². The SMILES string of the molecule is FC(F)(F)c1ccc2c(c1)Cc1cccnc1-2. The third-order valence-corrected chi connectivity index (χ3v) is 2.96. The summed E-state index contributed by atoms with van der Waals surface area (Å²) in [7, 11) is 0. The second kappa shape index (κ2) is 3.32. The van der Waals surface area contributed by atoms with Gasteiger partial charge < -0.3 is 0 Å². The molecule has 1 aromatic heterocycles. The molecule has 0 fully saturated rings. The number of nitrogens with zero attached hydrogens (tertiary/aromatic N) is 1. The van der Waals surface area contributed by atoms with Gasteiger partial charge in [-0.15, -0.1) is 0 Å². The maximum absolute atomic E-state index is 12.6. The van der Waals surface area contributed by atoms with Gasteiger partial charge in [0.1, 0.15) is 0 Å². The van der Waals surface area contributed by atoms with Crippen LogP contribution in [0.4, 0.5) is 13.2 Å². The fraction of sp³-hybridized carbons (Fsp3) is 0.154. The molecule has 1 aliphatic rings. The zero-order chi connectivity index (χ0) is 12.0. The van der Waals surface area contributed by atoms with Crippen molar-refractivity contribution in [1.29, 1.82) is 0 Å². The van der Waals surface area contributed by atoms with E-state index in [0.29, 0.717) is 12.0 Å². The topological polar surface area (TPSA) is 12.9 Å². The first-order chi connectivity index (χ1) is 8.05. The van der Waals surface area contributed by atoms with Crippen molar-refractivity contribution in [2.45, 2.75) is 12.6 Å². The summed E-state index contributed by atoms with van der Waals surface area (Å²) in [6.45, 7) is 0. The van der Waals surface area contributed by atoms with Gasteiger partial charge >= 0.3 is 6.18 Å². The van der Waals surface area contributed by atoms with Crippen LogP contribution >= 0.6 is 0 Å². The molecule has 0 saturated carbocycles. The van der Waals surface area contributed by atoms with Crippen molar-refractivity contribution in [2.75, 3.05) is 0 Å². The lowest BCUT2D eigenvalue weighted by Crippen LogP contribution is -2.05. The van der Waals surface area contributed by atoms with E-state index >= 15 is 0 Å². The average molecular weight is 235 g/mol. The molecule has 17 heavy (non-hydrogen) atoms. The molecule has 0 bridgehead atoms. The molecule has 4 heteroatoms. The highest BCUT2D eigenvalue weighted by molar-refractivity contribution is 5.73. The summed E-state index contributed by atoms with van der Waals surface area (Å²) < 4.78 is 37.7. The Morgan fingerprint density at radius 3 is 2.65 bits per heavy atom. The van der Waals surface area contributed by atoms with Gasteiger partial charge in [-0.2, -0.15) is 13.2 Å². The number of pyridine rings is 1. The molecule has 86 valence electrons. The van der Waals surface area contributed by atoms with Crippen LogP contribution in [0.25, 0.3) is 11.3 Å². The van der Waals surface area contributed by atoms with Gasteiger partial charge in [0.2, 0.25) is 0 Å². The van der Waals surface area contributed by atoms with E-state index in [0.717, 1.165) is 22.9 Å². The average Bonchev–Trinajstić information content (AvgIpc) is 2.65. The molecule has 1 aliphatic carbocycles. The summed E-state index contributed by atoms with van der Waals surface area (Å²) in [5, 5.41) is 0. The molecule has 0 amide bonds. The third kappa shape index (κ3) is 1.60. The molecule has 0 aliphatic heterocycles. The van der Waals surface area contributed by atoms with Crippen LogP contribution in [0.2, 0.25) is 0 Å². The second-order valence-electron chi connectivity index (χ2n) is 4.06. The number of aromatic nitrogens is 1. The summed E-state index contributed by atoms with van der Waals surface area (Å²) in [4.78, 5) is 4.21. The Balaban J connectivity index is 2.13. The minimum absolute atomic E-state index is 0.530. The Labute approximate surface area is 95.9 Å². The first kappa shape index (κ1) is 10.3. The molecule has 0 spiro atoms. The minimum Gasteiger partial charge on any atom is -0.256 e. The molecule has 1 aromatic carbocycles. The summed E-state index contributed by atoms with van der Waals surface area (Å²) >= 11 is 0. The van der Waals surface area contributed by atoms with E-state index in [2.05, 4.69) is 4.98 Å². The molecule has 1 heterocycles. The Kier molecular flexibility index (Phi) is 2.02. The summed E-state index contributed by atoms with van der Waals surface area (Å²) in [5.41, 5.74) is 2.71. The second-order valence-corrected chi connectivity index (χ2v) is 4.06. The highest BCUT2D eigenvalue weighted by Gasteiger charge is 2.32. The largest absolute Gasteiger partial charge is 0.416 e. The van der Waals surface area contributed by atoms with Crippen LogP contribution < -0.4 is 0 Å². The number of hydrogen-bond acceptors (Lipinski definition) is 1. The number of halogens is 3. The maximum Gasteiger partial charge on any atom is 0.416 e. The molecular formula is C13H8F3N. The van der Waals surface area contributed by atoms with Crippen molar-refractivity contribution >= 4 is 0 Å². The fourth-order valence-corrected chi connectivity index (χ4v) is 2.18. The Morgan fingerprint density at radius 1 is 1.06 bits per heavy atom. The number of fused-ring (bicyclic) bond motifs is 3. The molecule has 0 unspecified atom stereocenters. The Hall–Kier alpha value is -1.84. The van der Waals surface area contributed by atoms with Gasteiger partial charge in [0, 0.05) is 18.2 Å². The van der Waals surface area contributed by atoms with Gasteiger partial charge in [0.05, 0.1) is 11.3 Å². The van der Waals surface area contributed by atoms with Gasteiger partial charge in [-0.25, -0.2) is 0 Å². The van der Waals surface area contributed by atoms with Crippen molar-refractivity contribution in [2.24, 2.45) is 0 Å². The normalized spacial score (nSPS) is 13.4.